The van der Waals surface area contributed by atoms with E-state index in [4.69, 9.17) is 0 Å². The Morgan fingerprint density at radius 2 is 0.651 bits per heavy atom. The molecule has 1 nitrogen and oxygen atoms in total. The quantitative estimate of drug-likeness (QED) is 0.141. The van der Waals surface area contributed by atoms with Gasteiger partial charge in [0.15, 0.2) is 0 Å². The van der Waals surface area contributed by atoms with Crippen molar-refractivity contribution in [2.24, 2.45) is 0 Å². The van der Waals surface area contributed by atoms with Crippen LogP contribution in [0.25, 0.3) is 88.3 Å². The number of nitrogens with zero attached hydrogens (tertiary/aromatic N) is 1. The third kappa shape index (κ3) is 7.16. The van der Waals surface area contributed by atoms with Crippen molar-refractivity contribution in [2.45, 2.75) is 0 Å². The molecule has 11 rings (SSSR count). The van der Waals surface area contributed by atoms with Gasteiger partial charge in [0.05, 0.1) is 11.4 Å². The molecule has 0 atom stereocenters. The average molecular weight is 802 g/mol. The monoisotopic (exact) mass is 801 g/mol. The van der Waals surface area contributed by atoms with Crippen LogP contribution >= 0.6 is 0 Å². The highest BCUT2D eigenvalue weighted by Gasteiger charge is 2.24. The zero-order valence-corrected chi connectivity index (χ0v) is 34.8. The maximum atomic E-state index is 2.47. The number of hydrogen-bond donors (Lipinski definition) is 0. The molecule has 0 spiro atoms. The molecular formula is C62H43N. The third-order valence-electron chi connectivity index (χ3n) is 12.3. The molecule has 11 aromatic rings. The van der Waals surface area contributed by atoms with Crippen LogP contribution in [0.5, 0.6) is 0 Å². The van der Waals surface area contributed by atoms with Crippen LogP contribution < -0.4 is 4.90 Å². The molecule has 0 saturated heterocycles. The highest BCUT2D eigenvalue weighted by Crippen LogP contribution is 2.49. The number of hydrogen-bond acceptors (Lipinski definition) is 1. The number of benzene rings is 11. The molecule has 0 aromatic heterocycles. The molecule has 0 amide bonds. The van der Waals surface area contributed by atoms with Gasteiger partial charge in [0, 0.05) is 16.8 Å². The predicted molar refractivity (Wildman–Crippen MR) is 269 cm³/mol. The van der Waals surface area contributed by atoms with Crippen molar-refractivity contribution in [3.05, 3.63) is 261 Å². The van der Waals surface area contributed by atoms with Gasteiger partial charge in [-0.15, -0.1) is 0 Å². The van der Waals surface area contributed by atoms with Gasteiger partial charge in [0.1, 0.15) is 0 Å². The number of rotatable bonds is 9. The van der Waals surface area contributed by atoms with Crippen LogP contribution in [0.4, 0.5) is 17.1 Å². The van der Waals surface area contributed by atoms with Crippen LogP contribution in [0.1, 0.15) is 0 Å². The van der Waals surface area contributed by atoms with E-state index >= 15 is 0 Å². The first-order valence-electron chi connectivity index (χ1n) is 21.7. The lowest BCUT2D eigenvalue weighted by atomic mass is 9.89. The topological polar surface area (TPSA) is 3.24 Å². The molecule has 0 N–H and O–H groups in total. The summed E-state index contributed by atoms with van der Waals surface area (Å²) < 4.78 is 0. The Hall–Kier alpha value is -8.26. The second-order valence-corrected chi connectivity index (χ2v) is 16.0. The standard InChI is InChI=1S/C62H43N/c1-4-18-47(19-5-1)55-31-15-26-50-27-16-33-58(61(50)55)57-29-12-13-34-59(57)63(60-35-17-32-56(48-20-6-2-7-21-48)62(60)51-23-8-3-9-24-51)52-42-40-45(41-43-52)44-36-38-49(39-37-44)54-30-14-25-46-22-10-11-28-53(46)54/h1-43H. The van der Waals surface area contributed by atoms with E-state index in [-0.39, 0.29) is 0 Å². The molecule has 1 heteroatoms. The molecule has 0 saturated carbocycles. The van der Waals surface area contributed by atoms with E-state index in [1.54, 1.807) is 0 Å². The fourth-order valence-corrected chi connectivity index (χ4v) is 9.34. The van der Waals surface area contributed by atoms with Crippen molar-refractivity contribution < 1.29 is 0 Å². The van der Waals surface area contributed by atoms with Crippen molar-refractivity contribution in [3.8, 4) is 66.8 Å². The van der Waals surface area contributed by atoms with E-state index < -0.39 is 0 Å². The molecule has 0 radical (unpaired) electrons. The number of fused-ring (bicyclic) bond motifs is 2. The molecule has 11 aromatic carbocycles. The van der Waals surface area contributed by atoms with Crippen molar-refractivity contribution in [1.82, 2.24) is 0 Å². The largest absolute Gasteiger partial charge is 0.309 e. The van der Waals surface area contributed by atoms with E-state index in [9.17, 15) is 0 Å². The minimum Gasteiger partial charge on any atom is -0.309 e. The van der Waals surface area contributed by atoms with Crippen LogP contribution in [-0.2, 0) is 0 Å². The van der Waals surface area contributed by atoms with Gasteiger partial charge in [-0.3, -0.25) is 0 Å². The maximum absolute atomic E-state index is 2.47. The predicted octanol–water partition coefficient (Wildman–Crippen LogP) is 17.5. The van der Waals surface area contributed by atoms with Crippen LogP contribution in [0, 0.1) is 0 Å². The second kappa shape index (κ2) is 16.7. The minimum absolute atomic E-state index is 1.07. The Labute approximate surface area is 369 Å². The summed E-state index contributed by atoms with van der Waals surface area (Å²) in [6.07, 6.45) is 0. The lowest BCUT2D eigenvalue weighted by Gasteiger charge is -2.31. The Kier molecular flexibility index (Phi) is 9.97. The van der Waals surface area contributed by atoms with Crippen molar-refractivity contribution in [2.75, 3.05) is 4.90 Å². The van der Waals surface area contributed by atoms with Gasteiger partial charge in [-0.2, -0.15) is 0 Å². The van der Waals surface area contributed by atoms with Gasteiger partial charge in [-0.25, -0.2) is 0 Å². The van der Waals surface area contributed by atoms with Gasteiger partial charge in [0.2, 0.25) is 0 Å². The lowest BCUT2D eigenvalue weighted by Crippen LogP contribution is -2.13. The summed E-state index contributed by atoms with van der Waals surface area (Å²) in [7, 11) is 0. The fraction of sp³-hybridized carbons (Fsp3) is 0. The molecule has 0 bridgehead atoms. The van der Waals surface area contributed by atoms with E-state index in [1.165, 1.54) is 77.2 Å². The zero-order chi connectivity index (χ0) is 42.0. The number of para-hydroxylation sites is 1. The molecular weight excluding hydrogens is 759 g/mol. The first-order chi connectivity index (χ1) is 31.3. The van der Waals surface area contributed by atoms with E-state index in [0.29, 0.717) is 0 Å². The number of anilines is 3. The van der Waals surface area contributed by atoms with E-state index in [2.05, 4.69) is 266 Å². The molecule has 0 aliphatic heterocycles. The first kappa shape index (κ1) is 37.7. The summed E-state index contributed by atoms with van der Waals surface area (Å²) in [5.41, 5.74) is 17.5. The Morgan fingerprint density at radius 1 is 0.222 bits per heavy atom. The summed E-state index contributed by atoms with van der Waals surface area (Å²) in [6, 6.07) is 94.7. The SMILES string of the molecule is c1ccc(-c2cccc(N(c3ccc(-c4ccc(-c5cccc6ccccc56)cc4)cc3)c3ccccc3-c3cccc4cccc(-c5ccccc5)c34)c2-c2ccccc2)cc1. The van der Waals surface area contributed by atoms with Gasteiger partial charge in [0.25, 0.3) is 0 Å². The minimum atomic E-state index is 1.07. The molecule has 0 aliphatic carbocycles. The van der Waals surface area contributed by atoms with E-state index in [1.807, 2.05) is 0 Å². The molecule has 63 heavy (non-hydrogen) atoms. The van der Waals surface area contributed by atoms with Crippen LogP contribution in [-0.4, -0.2) is 0 Å². The molecule has 0 heterocycles. The molecule has 0 fully saturated rings. The smallest absolute Gasteiger partial charge is 0.0546 e. The third-order valence-corrected chi connectivity index (χ3v) is 12.3. The summed E-state index contributed by atoms with van der Waals surface area (Å²) in [5, 5.41) is 4.97. The van der Waals surface area contributed by atoms with Gasteiger partial charge in [-0.05, 0) is 101 Å². The average Bonchev–Trinajstić information content (AvgIpc) is 3.37. The highest BCUT2D eigenvalue weighted by atomic mass is 15.1. The van der Waals surface area contributed by atoms with Gasteiger partial charge in [-0.1, -0.05) is 237 Å². The van der Waals surface area contributed by atoms with Crippen molar-refractivity contribution >= 4 is 38.6 Å². The first-order valence-corrected chi connectivity index (χ1v) is 21.7. The summed E-state index contributed by atoms with van der Waals surface area (Å²) >= 11 is 0. The zero-order valence-electron chi connectivity index (χ0n) is 34.8. The van der Waals surface area contributed by atoms with E-state index in [0.717, 1.165) is 28.2 Å². The molecule has 0 unspecified atom stereocenters. The summed E-state index contributed by atoms with van der Waals surface area (Å²) in [4.78, 5) is 2.47. The summed E-state index contributed by atoms with van der Waals surface area (Å²) in [5.74, 6) is 0. The Bertz CT molecular complexity index is 3340. The van der Waals surface area contributed by atoms with Crippen molar-refractivity contribution in [1.29, 1.82) is 0 Å². The van der Waals surface area contributed by atoms with Crippen LogP contribution in [0.3, 0.4) is 0 Å². The maximum Gasteiger partial charge on any atom is 0.0546 e. The Balaban J connectivity index is 1.10. The normalized spacial score (nSPS) is 11.2. The van der Waals surface area contributed by atoms with Gasteiger partial charge < -0.3 is 4.90 Å². The highest BCUT2D eigenvalue weighted by molar-refractivity contribution is 6.09. The lowest BCUT2D eigenvalue weighted by molar-refractivity contribution is 1.28. The second-order valence-electron chi connectivity index (χ2n) is 16.0. The molecule has 296 valence electrons. The van der Waals surface area contributed by atoms with Crippen LogP contribution in [0.2, 0.25) is 0 Å². The Morgan fingerprint density at radius 3 is 1.35 bits per heavy atom. The molecule has 0 aliphatic rings. The van der Waals surface area contributed by atoms with Crippen molar-refractivity contribution in [3.63, 3.8) is 0 Å². The van der Waals surface area contributed by atoms with Gasteiger partial charge >= 0.3 is 0 Å². The van der Waals surface area contributed by atoms with Crippen LogP contribution in [0.15, 0.2) is 261 Å². The fourth-order valence-electron chi connectivity index (χ4n) is 9.34. The summed E-state index contributed by atoms with van der Waals surface area (Å²) in [6.45, 7) is 0.